The Morgan fingerprint density at radius 1 is 1.23 bits per heavy atom. The number of nitrogens with one attached hydrogen (secondary N) is 1. The van der Waals surface area contributed by atoms with E-state index in [1.165, 1.54) is 16.7 Å². The van der Waals surface area contributed by atoms with Gasteiger partial charge in [0, 0.05) is 6.04 Å². The number of carbonyl (C=O) groups excluding carboxylic acids is 3. The Morgan fingerprint density at radius 3 is 2.73 bits per heavy atom. The molecule has 0 aromatic carbocycles. The first-order valence-electron chi connectivity index (χ1n) is 10.3. The number of rotatable bonds is 5. The Bertz CT molecular complexity index is 977. The first kappa shape index (κ1) is 19.7. The molecule has 30 heavy (non-hydrogen) atoms. The van der Waals surface area contributed by atoms with E-state index in [0.29, 0.717) is 18.9 Å². The van der Waals surface area contributed by atoms with Crippen molar-refractivity contribution in [3.05, 3.63) is 17.5 Å². The number of amides is 3. The summed E-state index contributed by atoms with van der Waals surface area (Å²) in [7, 11) is 0. The Balaban J connectivity index is 1.36. The monoisotopic (exact) mass is 445 g/mol. The van der Waals surface area contributed by atoms with E-state index in [9.17, 15) is 14.4 Å². The van der Waals surface area contributed by atoms with Gasteiger partial charge in [0.05, 0.1) is 10.6 Å². The second-order valence-corrected chi connectivity index (χ2v) is 10.0. The third-order valence-electron chi connectivity index (χ3n) is 6.12. The molecule has 0 unspecified atom stereocenters. The fraction of sp³-hybridized carbons (Fsp3) is 0.550. The minimum absolute atomic E-state index is 0.0547. The van der Waals surface area contributed by atoms with Gasteiger partial charge in [0.2, 0.25) is 11.8 Å². The minimum Gasteiger partial charge on any atom is -0.318 e. The molecular weight excluding hydrogens is 422 g/mol. The Morgan fingerprint density at radius 2 is 2.03 bits per heavy atom. The number of thioether (sulfide) groups is 1. The van der Waals surface area contributed by atoms with Crippen LogP contribution >= 0.6 is 23.1 Å². The summed E-state index contributed by atoms with van der Waals surface area (Å²) < 4.78 is 2.13. The first-order chi connectivity index (χ1) is 14.6. The maximum Gasteiger partial charge on any atom is 0.252 e. The predicted octanol–water partition coefficient (Wildman–Crippen LogP) is 2.62. The molecule has 158 valence electrons. The number of thiophene rings is 1. The molecule has 2 aliphatic carbocycles. The lowest BCUT2D eigenvalue weighted by Crippen LogP contribution is -2.69. The van der Waals surface area contributed by atoms with Gasteiger partial charge in [-0.2, -0.15) is 0 Å². The zero-order chi connectivity index (χ0) is 20.7. The molecule has 3 fully saturated rings. The normalized spacial score (nSPS) is 21.1. The zero-order valence-corrected chi connectivity index (χ0v) is 18.1. The van der Waals surface area contributed by atoms with E-state index in [0.717, 1.165) is 48.0 Å². The average molecular weight is 446 g/mol. The van der Waals surface area contributed by atoms with Crippen LogP contribution in [0.5, 0.6) is 0 Å². The molecule has 10 heteroatoms. The van der Waals surface area contributed by atoms with Crippen LogP contribution in [0.3, 0.4) is 0 Å². The Labute approximate surface area is 182 Å². The molecule has 0 atom stereocenters. The topological polar surface area (TPSA) is 97.2 Å². The molecular formula is C20H23N5O3S2. The molecule has 8 nitrogen and oxygen atoms in total. The second-order valence-electron chi connectivity index (χ2n) is 8.12. The highest BCUT2D eigenvalue weighted by molar-refractivity contribution is 7.99. The maximum absolute atomic E-state index is 13.2. The van der Waals surface area contributed by atoms with Crippen molar-refractivity contribution in [3.63, 3.8) is 0 Å². The van der Waals surface area contributed by atoms with Gasteiger partial charge in [-0.3, -0.25) is 24.3 Å². The zero-order valence-electron chi connectivity index (χ0n) is 16.5. The van der Waals surface area contributed by atoms with Crippen LogP contribution in [0.25, 0.3) is 10.7 Å². The minimum atomic E-state index is -0.879. The molecule has 0 radical (unpaired) electrons. The summed E-state index contributed by atoms with van der Waals surface area (Å²) in [5.41, 5.74) is -0.879. The third-order valence-corrected chi connectivity index (χ3v) is 7.91. The summed E-state index contributed by atoms with van der Waals surface area (Å²) in [5, 5.41) is 13.9. The van der Waals surface area contributed by atoms with Crippen LogP contribution in [0.1, 0.15) is 51.0 Å². The van der Waals surface area contributed by atoms with E-state index in [-0.39, 0.29) is 24.1 Å². The van der Waals surface area contributed by atoms with Crippen molar-refractivity contribution in [1.29, 1.82) is 0 Å². The average Bonchev–Trinajstić information content (AvgIpc) is 3.26. The molecule has 5 rings (SSSR count). The first-order valence-corrected chi connectivity index (χ1v) is 12.2. The molecule has 1 spiro atoms. The maximum atomic E-state index is 13.2. The number of aromatic nitrogens is 3. The fourth-order valence-corrected chi connectivity index (χ4v) is 6.06. The van der Waals surface area contributed by atoms with Crippen LogP contribution in [0.4, 0.5) is 0 Å². The molecule has 2 saturated carbocycles. The van der Waals surface area contributed by atoms with Crippen LogP contribution in [-0.2, 0) is 14.4 Å². The van der Waals surface area contributed by atoms with Crippen LogP contribution in [-0.4, -0.2) is 55.2 Å². The molecule has 2 aromatic heterocycles. The van der Waals surface area contributed by atoms with Crippen molar-refractivity contribution in [2.24, 2.45) is 0 Å². The largest absolute Gasteiger partial charge is 0.318 e. The van der Waals surface area contributed by atoms with Crippen LogP contribution in [0.15, 0.2) is 22.7 Å². The highest BCUT2D eigenvalue weighted by Crippen LogP contribution is 2.42. The van der Waals surface area contributed by atoms with Crippen molar-refractivity contribution < 1.29 is 14.4 Å². The van der Waals surface area contributed by atoms with Crippen molar-refractivity contribution >= 4 is 40.8 Å². The summed E-state index contributed by atoms with van der Waals surface area (Å²) in [6, 6.07) is 4.39. The van der Waals surface area contributed by atoms with E-state index in [1.807, 2.05) is 17.5 Å². The number of imide groups is 1. The SMILES string of the molecule is O=C1CN(C(=O)CSc2nnc(-c3cccs3)n2C2CC2)C2(CCCCC2)C(=O)N1. The van der Waals surface area contributed by atoms with Gasteiger partial charge in [-0.25, -0.2) is 0 Å². The standard InChI is InChI=1S/C20H23N5O3S2/c26-15-11-24(20(18(28)21-15)8-2-1-3-9-20)16(27)12-30-19-23-22-17(14-5-4-10-29-14)25(19)13-6-7-13/h4-5,10,13H,1-3,6-9,11-12H2,(H,21,26,28). The molecule has 3 amide bonds. The van der Waals surface area contributed by atoms with E-state index < -0.39 is 11.4 Å². The Kier molecular flexibility index (Phi) is 5.14. The number of piperazine rings is 1. The smallest absolute Gasteiger partial charge is 0.252 e. The molecule has 0 bridgehead atoms. The van der Waals surface area contributed by atoms with E-state index in [2.05, 4.69) is 20.1 Å². The van der Waals surface area contributed by atoms with Gasteiger partial charge in [-0.05, 0) is 37.1 Å². The number of hydrogen-bond acceptors (Lipinski definition) is 7. The summed E-state index contributed by atoms with van der Waals surface area (Å²) in [6.07, 6.45) is 6.23. The fourth-order valence-electron chi connectivity index (χ4n) is 4.48. The van der Waals surface area contributed by atoms with Crippen LogP contribution in [0.2, 0.25) is 0 Å². The van der Waals surface area contributed by atoms with Crippen LogP contribution in [0, 0.1) is 0 Å². The van der Waals surface area contributed by atoms with Crippen molar-refractivity contribution in [2.75, 3.05) is 12.3 Å². The van der Waals surface area contributed by atoms with Gasteiger partial charge in [0.15, 0.2) is 11.0 Å². The number of carbonyl (C=O) groups is 3. The lowest BCUT2D eigenvalue weighted by Gasteiger charge is -2.47. The summed E-state index contributed by atoms with van der Waals surface area (Å²) >= 11 is 2.97. The predicted molar refractivity (Wildman–Crippen MR) is 113 cm³/mol. The highest BCUT2D eigenvalue weighted by atomic mass is 32.2. The van der Waals surface area contributed by atoms with Gasteiger partial charge >= 0.3 is 0 Å². The molecule has 1 N–H and O–H groups in total. The molecule has 1 aliphatic heterocycles. The van der Waals surface area contributed by atoms with E-state index in [4.69, 9.17) is 0 Å². The van der Waals surface area contributed by atoms with Crippen molar-refractivity contribution in [1.82, 2.24) is 25.0 Å². The molecule has 3 heterocycles. The molecule has 1 saturated heterocycles. The number of hydrogen-bond donors (Lipinski definition) is 1. The van der Waals surface area contributed by atoms with Gasteiger partial charge < -0.3 is 4.90 Å². The molecule has 2 aromatic rings. The Hall–Kier alpha value is -2.20. The van der Waals surface area contributed by atoms with Crippen molar-refractivity contribution in [3.8, 4) is 10.7 Å². The summed E-state index contributed by atoms with van der Waals surface area (Å²) in [5.74, 6) is 0.0675. The quantitative estimate of drug-likeness (QED) is 0.561. The second kappa shape index (κ2) is 7.81. The van der Waals surface area contributed by atoms with Crippen LogP contribution < -0.4 is 5.32 Å². The lowest BCUT2D eigenvalue weighted by molar-refractivity contribution is -0.158. The number of nitrogens with zero attached hydrogens (tertiary/aromatic N) is 4. The van der Waals surface area contributed by atoms with Gasteiger partial charge in [-0.15, -0.1) is 21.5 Å². The van der Waals surface area contributed by atoms with Crippen molar-refractivity contribution in [2.45, 2.75) is 61.7 Å². The van der Waals surface area contributed by atoms with Gasteiger partial charge in [0.25, 0.3) is 5.91 Å². The third kappa shape index (κ3) is 3.45. The lowest BCUT2D eigenvalue weighted by atomic mass is 9.78. The highest BCUT2D eigenvalue weighted by Gasteiger charge is 2.50. The summed E-state index contributed by atoms with van der Waals surface area (Å²) in [6.45, 7) is -0.0547. The van der Waals surface area contributed by atoms with E-state index in [1.54, 1.807) is 11.3 Å². The summed E-state index contributed by atoms with van der Waals surface area (Å²) in [4.78, 5) is 40.5. The van der Waals surface area contributed by atoms with E-state index >= 15 is 0 Å². The van der Waals surface area contributed by atoms with Gasteiger partial charge in [-0.1, -0.05) is 37.1 Å². The molecule has 3 aliphatic rings. The van der Waals surface area contributed by atoms with Gasteiger partial charge in [0.1, 0.15) is 12.1 Å².